The van der Waals surface area contributed by atoms with Crippen LogP contribution in [0.25, 0.3) is 10.8 Å². The Labute approximate surface area is 142 Å². The first kappa shape index (κ1) is 16.8. The number of anilines is 1. The van der Waals surface area contributed by atoms with Crippen molar-refractivity contribution >= 4 is 22.4 Å². The summed E-state index contributed by atoms with van der Waals surface area (Å²) in [5.41, 5.74) is -0.749. The molecule has 6 heteroatoms. The fourth-order valence-electron chi connectivity index (χ4n) is 2.44. The zero-order chi connectivity index (χ0) is 17.9. The van der Waals surface area contributed by atoms with E-state index in [2.05, 4.69) is 5.32 Å². The Morgan fingerprint density at radius 1 is 0.960 bits per heavy atom. The molecule has 0 saturated carbocycles. The Bertz CT molecular complexity index is 901. The molecule has 128 valence electrons. The Morgan fingerprint density at radius 3 is 2.48 bits per heavy atom. The molecule has 0 aliphatic rings. The van der Waals surface area contributed by atoms with E-state index in [-0.39, 0.29) is 12.3 Å². The first-order valence-corrected chi connectivity index (χ1v) is 7.51. The lowest BCUT2D eigenvalue weighted by atomic mass is 10.1. The minimum Gasteiger partial charge on any atom is -0.483 e. The van der Waals surface area contributed by atoms with E-state index < -0.39 is 17.6 Å². The average molecular weight is 345 g/mol. The van der Waals surface area contributed by atoms with Crippen LogP contribution in [0.15, 0.2) is 66.7 Å². The Balaban J connectivity index is 1.67. The fraction of sp³-hybridized carbons (Fsp3) is 0.105. The van der Waals surface area contributed by atoms with Crippen LogP contribution in [-0.2, 0) is 11.0 Å². The quantitative estimate of drug-likeness (QED) is 0.732. The van der Waals surface area contributed by atoms with E-state index in [4.69, 9.17) is 4.74 Å². The summed E-state index contributed by atoms with van der Waals surface area (Å²) >= 11 is 0. The Hall–Kier alpha value is -3.02. The largest absolute Gasteiger partial charge is 0.483 e. The number of hydrogen-bond donors (Lipinski definition) is 1. The van der Waals surface area contributed by atoms with Gasteiger partial charge in [-0.3, -0.25) is 4.79 Å². The predicted octanol–water partition coefficient (Wildman–Crippen LogP) is 4.88. The van der Waals surface area contributed by atoms with E-state index in [0.29, 0.717) is 5.75 Å². The van der Waals surface area contributed by atoms with Gasteiger partial charge in [0.15, 0.2) is 6.61 Å². The summed E-state index contributed by atoms with van der Waals surface area (Å²) in [4.78, 5) is 12.0. The summed E-state index contributed by atoms with van der Waals surface area (Å²) in [6.45, 7) is -0.301. The second-order valence-corrected chi connectivity index (χ2v) is 5.39. The molecule has 0 saturated heterocycles. The molecule has 0 unspecified atom stereocenters. The molecule has 0 fully saturated rings. The SMILES string of the molecule is O=C(COc1cccc2ccccc12)Nc1cccc(C(F)(F)F)c1. The summed E-state index contributed by atoms with van der Waals surface area (Å²) in [5, 5.41) is 4.24. The lowest BCUT2D eigenvalue weighted by molar-refractivity contribution is -0.137. The molecule has 0 bridgehead atoms. The highest BCUT2D eigenvalue weighted by molar-refractivity contribution is 5.93. The van der Waals surface area contributed by atoms with Gasteiger partial charge in [-0.15, -0.1) is 0 Å². The van der Waals surface area contributed by atoms with Crippen LogP contribution < -0.4 is 10.1 Å². The molecular formula is C19H14F3NO2. The lowest BCUT2D eigenvalue weighted by Crippen LogP contribution is -2.20. The second kappa shape index (κ2) is 6.84. The zero-order valence-corrected chi connectivity index (χ0v) is 13.0. The number of nitrogens with one attached hydrogen (secondary N) is 1. The molecule has 0 atom stereocenters. The van der Waals surface area contributed by atoms with Crippen LogP contribution >= 0.6 is 0 Å². The minimum absolute atomic E-state index is 0.0707. The molecule has 0 aliphatic heterocycles. The highest BCUT2D eigenvalue weighted by atomic mass is 19.4. The molecule has 3 aromatic carbocycles. The highest BCUT2D eigenvalue weighted by Crippen LogP contribution is 2.30. The monoisotopic (exact) mass is 345 g/mol. The van der Waals surface area contributed by atoms with Gasteiger partial charge >= 0.3 is 6.18 Å². The Morgan fingerprint density at radius 2 is 1.68 bits per heavy atom. The van der Waals surface area contributed by atoms with Crippen LogP contribution in [0.2, 0.25) is 0 Å². The van der Waals surface area contributed by atoms with Gasteiger partial charge in [-0.05, 0) is 29.7 Å². The van der Waals surface area contributed by atoms with Crippen molar-refractivity contribution in [3.8, 4) is 5.75 Å². The van der Waals surface area contributed by atoms with Crippen LogP contribution in [0, 0.1) is 0 Å². The first-order chi connectivity index (χ1) is 11.9. The molecule has 0 heterocycles. The van der Waals surface area contributed by atoms with E-state index in [0.717, 1.165) is 22.9 Å². The van der Waals surface area contributed by atoms with Crippen molar-refractivity contribution in [2.45, 2.75) is 6.18 Å². The summed E-state index contributed by atoms with van der Waals surface area (Å²) in [6, 6.07) is 17.5. The van der Waals surface area contributed by atoms with Gasteiger partial charge in [0.2, 0.25) is 0 Å². The minimum atomic E-state index is -4.46. The number of carbonyl (C=O) groups is 1. The van der Waals surface area contributed by atoms with E-state index in [1.807, 2.05) is 36.4 Å². The number of hydrogen-bond acceptors (Lipinski definition) is 2. The normalized spacial score (nSPS) is 11.3. The van der Waals surface area contributed by atoms with E-state index in [1.54, 1.807) is 6.07 Å². The number of carbonyl (C=O) groups excluding carboxylic acids is 1. The maximum absolute atomic E-state index is 12.7. The molecule has 1 amide bonds. The molecular weight excluding hydrogens is 331 g/mol. The van der Waals surface area contributed by atoms with Crippen molar-refractivity contribution in [2.24, 2.45) is 0 Å². The van der Waals surface area contributed by atoms with Gasteiger partial charge in [0.05, 0.1) is 5.56 Å². The number of benzene rings is 3. The Kier molecular flexibility index (Phi) is 4.61. The van der Waals surface area contributed by atoms with Crippen molar-refractivity contribution in [1.82, 2.24) is 0 Å². The van der Waals surface area contributed by atoms with Gasteiger partial charge < -0.3 is 10.1 Å². The summed E-state index contributed by atoms with van der Waals surface area (Å²) in [7, 11) is 0. The lowest BCUT2D eigenvalue weighted by Gasteiger charge is -2.11. The molecule has 0 aromatic heterocycles. The van der Waals surface area contributed by atoms with Crippen LogP contribution in [0.1, 0.15) is 5.56 Å². The summed E-state index contributed by atoms with van der Waals surface area (Å²) < 4.78 is 43.6. The van der Waals surface area contributed by atoms with E-state index in [1.165, 1.54) is 12.1 Å². The van der Waals surface area contributed by atoms with Crippen molar-refractivity contribution < 1.29 is 22.7 Å². The van der Waals surface area contributed by atoms with Crippen molar-refractivity contribution in [3.63, 3.8) is 0 Å². The molecule has 3 nitrogen and oxygen atoms in total. The number of amides is 1. The van der Waals surface area contributed by atoms with Gasteiger partial charge in [-0.1, -0.05) is 42.5 Å². The predicted molar refractivity (Wildman–Crippen MR) is 89.5 cm³/mol. The molecule has 3 aromatic rings. The van der Waals surface area contributed by atoms with Crippen LogP contribution in [0.3, 0.4) is 0 Å². The van der Waals surface area contributed by atoms with E-state index >= 15 is 0 Å². The highest BCUT2D eigenvalue weighted by Gasteiger charge is 2.30. The maximum atomic E-state index is 12.7. The third-order valence-electron chi connectivity index (χ3n) is 3.58. The number of rotatable bonds is 4. The molecule has 0 spiro atoms. The molecule has 25 heavy (non-hydrogen) atoms. The molecule has 0 aliphatic carbocycles. The fourth-order valence-corrected chi connectivity index (χ4v) is 2.44. The summed E-state index contributed by atoms with van der Waals surface area (Å²) in [6.07, 6.45) is -4.46. The maximum Gasteiger partial charge on any atom is 0.416 e. The van der Waals surface area contributed by atoms with Gasteiger partial charge in [0.25, 0.3) is 5.91 Å². The van der Waals surface area contributed by atoms with Crippen LogP contribution in [-0.4, -0.2) is 12.5 Å². The van der Waals surface area contributed by atoms with Crippen molar-refractivity contribution in [3.05, 3.63) is 72.3 Å². The first-order valence-electron chi connectivity index (χ1n) is 7.51. The molecule has 1 N–H and O–H groups in total. The molecule has 0 radical (unpaired) electrons. The standard InChI is InChI=1S/C19H14F3NO2/c20-19(21,22)14-7-4-8-15(11-14)23-18(24)12-25-17-10-3-6-13-5-1-2-9-16(13)17/h1-11H,12H2,(H,23,24). The number of ether oxygens (including phenoxy) is 1. The topological polar surface area (TPSA) is 38.3 Å². The average Bonchev–Trinajstić information content (AvgIpc) is 2.59. The van der Waals surface area contributed by atoms with Crippen molar-refractivity contribution in [2.75, 3.05) is 11.9 Å². The smallest absolute Gasteiger partial charge is 0.416 e. The van der Waals surface area contributed by atoms with Gasteiger partial charge in [0, 0.05) is 11.1 Å². The van der Waals surface area contributed by atoms with Crippen LogP contribution in [0.5, 0.6) is 5.75 Å². The number of halogens is 3. The third-order valence-corrected chi connectivity index (χ3v) is 3.58. The summed E-state index contributed by atoms with van der Waals surface area (Å²) in [5.74, 6) is 0.00421. The van der Waals surface area contributed by atoms with Gasteiger partial charge in [-0.25, -0.2) is 0 Å². The zero-order valence-electron chi connectivity index (χ0n) is 13.0. The molecule has 3 rings (SSSR count). The number of fused-ring (bicyclic) bond motifs is 1. The van der Waals surface area contributed by atoms with E-state index in [9.17, 15) is 18.0 Å². The van der Waals surface area contributed by atoms with Crippen LogP contribution in [0.4, 0.5) is 18.9 Å². The van der Waals surface area contributed by atoms with Crippen molar-refractivity contribution in [1.29, 1.82) is 0 Å². The van der Waals surface area contributed by atoms with Gasteiger partial charge in [-0.2, -0.15) is 13.2 Å². The number of alkyl halides is 3. The van der Waals surface area contributed by atoms with Gasteiger partial charge in [0.1, 0.15) is 5.75 Å². The second-order valence-electron chi connectivity index (χ2n) is 5.39. The third kappa shape index (κ3) is 4.09.